The standard InChI is InChI=1S/C21H28N2O9/c1-2-14-5-3-4-6-15(14)17(24)12-22(8-7-18(25)26)9-10-23(13-20(29)30)16(21(31)32)11-19(27)28/h2-6,16-17,24H,1,7-13H2,(H,25,26)(H,27,28)(H,29,30)(H,31,32). The van der Waals surface area contributed by atoms with Crippen molar-refractivity contribution < 1.29 is 44.7 Å². The number of rotatable bonds is 16. The van der Waals surface area contributed by atoms with Gasteiger partial charge in [-0.3, -0.25) is 29.0 Å². The van der Waals surface area contributed by atoms with Crippen molar-refractivity contribution in [3.8, 4) is 0 Å². The second-order valence-corrected chi connectivity index (χ2v) is 7.11. The van der Waals surface area contributed by atoms with Crippen LogP contribution < -0.4 is 0 Å². The van der Waals surface area contributed by atoms with E-state index in [1.165, 1.54) is 0 Å². The highest BCUT2D eigenvalue weighted by Crippen LogP contribution is 2.20. The number of aliphatic hydroxyl groups is 1. The molecule has 0 saturated heterocycles. The van der Waals surface area contributed by atoms with Crippen LogP contribution in [0.25, 0.3) is 6.08 Å². The van der Waals surface area contributed by atoms with Crippen LogP contribution in [0.2, 0.25) is 0 Å². The SMILES string of the molecule is C=Cc1ccccc1C(O)CN(CCC(=O)O)CCN(CC(=O)O)C(CC(=O)O)C(=O)O. The number of carbonyl (C=O) groups is 4. The van der Waals surface area contributed by atoms with Gasteiger partial charge in [0.1, 0.15) is 6.04 Å². The maximum Gasteiger partial charge on any atom is 0.321 e. The van der Waals surface area contributed by atoms with E-state index in [4.69, 9.17) is 15.3 Å². The molecule has 0 aliphatic heterocycles. The van der Waals surface area contributed by atoms with Gasteiger partial charge in [0, 0.05) is 26.2 Å². The van der Waals surface area contributed by atoms with Crippen molar-refractivity contribution in [3.05, 3.63) is 42.0 Å². The molecule has 0 heterocycles. The van der Waals surface area contributed by atoms with Gasteiger partial charge < -0.3 is 25.5 Å². The Morgan fingerprint density at radius 2 is 1.59 bits per heavy atom. The van der Waals surface area contributed by atoms with Crippen molar-refractivity contribution in [1.29, 1.82) is 0 Å². The van der Waals surface area contributed by atoms with E-state index in [2.05, 4.69) is 6.58 Å². The molecule has 11 heteroatoms. The number of benzene rings is 1. The number of aliphatic carboxylic acids is 4. The first-order valence-electron chi connectivity index (χ1n) is 9.79. The Balaban J connectivity index is 3.02. The van der Waals surface area contributed by atoms with Crippen LogP contribution in [0.5, 0.6) is 0 Å². The zero-order valence-electron chi connectivity index (χ0n) is 17.5. The van der Waals surface area contributed by atoms with Gasteiger partial charge in [-0.05, 0) is 11.1 Å². The summed E-state index contributed by atoms with van der Waals surface area (Å²) in [6.07, 6.45) is -0.502. The summed E-state index contributed by atoms with van der Waals surface area (Å²) in [5, 5.41) is 47.2. The Morgan fingerprint density at radius 1 is 0.938 bits per heavy atom. The Hall–Kier alpha value is -3.28. The van der Waals surface area contributed by atoms with E-state index in [9.17, 15) is 29.4 Å². The summed E-state index contributed by atoms with van der Waals surface area (Å²) in [5.74, 6) is -5.29. The van der Waals surface area contributed by atoms with Crippen LogP contribution in [0.15, 0.2) is 30.8 Å². The third-order valence-corrected chi connectivity index (χ3v) is 4.78. The molecule has 2 unspecified atom stereocenters. The van der Waals surface area contributed by atoms with Crippen molar-refractivity contribution in [2.45, 2.75) is 25.0 Å². The summed E-state index contributed by atoms with van der Waals surface area (Å²) in [4.78, 5) is 47.3. The fourth-order valence-electron chi connectivity index (χ4n) is 3.22. The molecular formula is C21H28N2O9. The van der Waals surface area contributed by atoms with Crippen molar-refractivity contribution >= 4 is 30.0 Å². The number of aliphatic hydroxyl groups excluding tert-OH is 1. The fraction of sp³-hybridized carbons (Fsp3) is 0.429. The van der Waals surface area contributed by atoms with Gasteiger partial charge in [0.2, 0.25) is 0 Å². The molecule has 32 heavy (non-hydrogen) atoms. The first-order valence-corrected chi connectivity index (χ1v) is 9.79. The third kappa shape index (κ3) is 9.25. The molecule has 0 amide bonds. The van der Waals surface area contributed by atoms with E-state index in [0.717, 1.165) is 4.90 Å². The van der Waals surface area contributed by atoms with E-state index in [1.807, 2.05) is 0 Å². The molecule has 1 aromatic carbocycles. The highest BCUT2D eigenvalue weighted by molar-refractivity contribution is 5.81. The molecular weight excluding hydrogens is 424 g/mol. The Bertz CT molecular complexity index is 827. The second kappa shape index (κ2) is 13.2. The molecule has 0 aliphatic rings. The van der Waals surface area contributed by atoms with Crippen LogP contribution in [0, 0.1) is 0 Å². The van der Waals surface area contributed by atoms with Gasteiger partial charge in [0.05, 0.1) is 25.5 Å². The van der Waals surface area contributed by atoms with Crippen LogP contribution in [0.4, 0.5) is 0 Å². The molecule has 11 nitrogen and oxygen atoms in total. The molecule has 1 rings (SSSR count). The quantitative estimate of drug-likeness (QED) is 0.235. The lowest BCUT2D eigenvalue weighted by Gasteiger charge is -2.31. The van der Waals surface area contributed by atoms with Gasteiger partial charge in [-0.25, -0.2) is 0 Å². The minimum absolute atomic E-state index is 0.00425. The van der Waals surface area contributed by atoms with Crippen LogP contribution in [0.3, 0.4) is 0 Å². The van der Waals surface area contributed by atoms with E-state index >= 15 is 0 Å². The summed E-state index contributed by atoms with van der Waals surface area (Å²) < 4.78 is 0. The lowest BCUT2D eigenvalue weighted by Crippen LogP contribution is -2.48. The summed E-state index contributed by atoms with van der Waals surface area (Å²) in [6.45, 7) is 2.84. The van der Waals surface area contributed by atoms with Crippen molar-refractivity contribution in [3.63, 3.8) is 0 Å². The molecule has 0 fully saturated rings. The van der Waals surface area contributed by atoms with Crippen molar-refractivity contribution in [1.82, 2.24) is 9.80 Å². The highest BCUT2D eigenvalue weighted by Gasteiger charge is 2.30. The topological polar surface area (TPSA) is 176 Å². The van der Waals surface area contributed by atoms with Gasteiger partial charge in [0.25, 0.3) is 0 Å². The summed E-state index contributed by atoms with van der Waals surface area (Å²) in [6, 6.07) is 5.38. The smallest absolute Gasteiger partial charge is 0.321 e. The van der Waals surface area contributed by atoms with Gasteiger partial charge >= 0.3 is 23.9 Å². The largest absolute Gasteiger partial charge is 0.481 e. The molecule has 0 spiro atoms. The molecule has 0 radical (unpaired) electrons. The summed E-state index contributed by atoms with van der Waals surface area (Å²) in [5.41, 5.74) is 1.26. The number of carboxylic acids is 4. The number of hydrogen-bond donors (Lipinski definition) is 5. The maximum absolute atomic E-state index is 11.5. The second-order valence-electron chi connectivity index (χ2n) is 7.11. The minimum atomic E-state index is -1.57. The lowest BCUT2D eigenvalue weighted by atomic mass is 10.0. The van der Waals surface area contributed by atoms with Crippen LogP contribution in [-0.4, -0.2) is 98.0 Å². The van der Waals surface area contributed by atoms with E-state index in [0.29, 0.717) is 11.1 Å². The summed E-state index contributed by atoms with van der Waals surface area (Å²) >= 11 is 0. The zero-order valence-corrected chi connectivity index (χ0v) is 17.5. The average molecular weight is 452 g/mol. The van der Waals surface area contributed by atoms with Gasteiger partial charge in [-0.1, -0.05) is 36.9 Å². The third-order valence-electron chi connectivity index (χ3n) is 4.78. The predicted octanol–water partition coefficient (Wildman–Crippen LogP) is 0.454. The van der Waals surface area contributed by atoms with E-state index in [1.54, 1.807) is 35.2 Å². The fourth-order valence-corrected chi connectivity index (χ4v) is 3.22. The normalized spacial score (nSPS) is 13.0. The number of carboxylic acid groups (broad SMARTS) is 4. The van der Waals surface area contributed by atoms with E-state index < -0.39 is 49.0 Å². The van der Waals surface area contributed by atoms with Gasteiger partial charge in [-0.15, -0.1) is 0 Å². The monoisotopic (exact) mass is 452 g/mol. The molecule has 176 valence electrons. The van der Waals surface area contributed by atoms with Crippen LogP contribution >= 0.6 is 0 Å². The van der Waals surface area contributed by atoms with E-state index in [-0.39, 0.29) is 32.6 Å². The Labute approximate surface area is 184 Å². The van der Waals surface area contributed by atoms with Crippen molar-refractivity contribution in [2.24, 2.45) is 0 Å². The first kappa shape index (κ1) is 26.8. The highest BCUT2D eigenvalue weighted by atomic mass is 16.4. The summed E-state index contributed by atoms with van der Waals surface area (Å²) in [7, 11) is 0. The average Bonchev–Trinajstić information content (AvgIpc) is 2.72. The number of hydrogen-bond acceptors (Lipinski definition) is 7. The molecule has 2 atom stereocenters. The first-order chi connectivity index (χ1) is 15.0. The van der Waals surface area contributed by atoms with Crippen LogP contribution in [-0.2, 0) is 19.2 Å². The molecule has 0 bridgehead atoms. The lowest BCUT2D eigenvalue weighted by molar-refractivity contribution is -0.152. The molecule has 0 aromatic heterocycles. The zero-order chi connectivity index (χ0) is 24.3. The minimum Gasteiger partial charge on any atom is -0.481 e. The Morgan fingerprint density at radius 3 is 2.12 bits per heavy atom. The van der Waals surface area contributed by atoms with Crippen LogP contribution in [0.1, 0.15) is 30.1 Å². The molecule has 0 saturated carbocycles. The predicted molar refractivity (Wildman–Crippen MR) is 113 cm³/mol. The van der Waals surface area contributed by atoms with Gasteiger partial charge in [0.15, 0.2) is 0 Å². The molecule has 1 aromatic rings. The van der Waals surface area contributed by atoms with Crippen molar-refractivity contribution in [2.75, 3.05) is 32.7 Å². The maximum atomic E-state index is 11.5. The molecule has 5 N–H and O–H groups in total. The Kier molecular flexibility index (Phi) is 11.0. The molecule has 0 aliphatic carbocycles. The van der Waals surface area contributed by atoms with Gasteiger partial charge in [-0.2, -0.15) is 0 Å². The number of nitrogens with zero attached hydrogens (tertiary/aromatic N) is 2.